The minimum atomic E-state index is -3.42. The second-order valence-corrected chi connectivity index (χ2v) is 3.13. The number of nitrogens with two attached hydrogens (primary N) is 2. The van der Waals surface area contributed by atoms with E-state index in [-0.39, 0.29) is 5.96 Å². The summed E-state index contributed by atoms with van der Waals surface area (Å²) in [5.41, 5.74) is 0. The van der Waals surface area contributed by atoms with Crippen molar-refractivity contribution >= 4 is 13.8 Å². The Bertz CT molecular complexity index is 251. The number of phosphoric acid groups is 1. The van der Waals surface area contributed by atoms with E-state index < -0.39 is 7.82 Å². The van der Waals surface area contributed by atoms with E-state index >= 15 is 0 Å². The van der Waals surface area contributed by atoms with Gasteiger partial charge in [0.1, 0.15) is 0 Å². The highest BCUT2D eigenvalue weighted by atomic mass is 31.2. The molecule has 2 bridgehead atoms. The van der Waals surface area contributed by atoms with E-state index in [2.05, 4.69) is 19.0 Å². The van der Waals surface area contributed by atoms with Crippen molar-refractivity contribution < 1.29 is 18.4 Å². The first-order valence-electron chi connectivity index (χ1n) is 2.47. The van der Waals surface area contributed by atoms with Crippen LogP contribution in [0.25, 0.3) is 0 Å². The van der Waals surface area contributed by atoms with Crippen LogP contribution in [0.15, 0.2) is 5.16 Å². The lowest BCUT2D eigenvalue weighted by atomic mass is 11.0. The number of guanidine groups is 1. The Labute approximate surface area is 60.5 Å². The highest BCUT2D eigenvalue weighted by molar-refractivity contribution is 7.49. The molecule has 11 heavy (non-hydrogen) atoms. The highest BCUT2D eigenvalue weighted by Crippen LogP contribution is 2.62. The van der Waals surface area contributed by atoms with E-state index in [9.17, 15) is 4.57 Å². The summed E-state index contributed by atoms with van der Waals surface area (Å²) in [6, 6.07) is 0. The van der Waals surface area contributed by atoms with Crippen LogP contribution < -0.4 is 11.7 Å². The largest absolute Gasteiger partial charge is 0.599 e. The number of oxime groups is 1. The van der Waals surface area contributed by atoms with Gasteiger partial charge in [0.2, 0.25) is 0 Å². The third-order valence-electron chi connectivity index (χ3n) is 0.965. The first kappa shape index (κ1) is 6.83. The third kappa shape index (κ3) is 0.870. The van der Waals surface area contributed by atoms with Crippen LogP contribution >= 0.6 is 7.82 Å². The monoisotopic (exact) mass is 181 g/mol. The zero-order valence-electron chi connectivity index (χ0n) is 5.08. The lowest BCUT2D eigenvalue weighted by Gasteiger charge is -2.37. The molecule has 0 spiro atoms. The molecule has 3 aliphatic heterocycles. The fourth-order valence-electron chi connectivity index (χ4n) is 0.552. The fourth-order valence-corrected chi connectivity index (χ4v) is 1.31. The van der Waals surface area contributed by atoms with Crippen molar-refractivity contribution in [2.45, 2.75) is 0 Å². The molecule has 3 heterocycles. The van der Waals surface area contributed by atoms with Crippen molar-refractivity contribution in [3.63, 3.8) is 0 Å². The topological polar surface area (TPSA) is 116 Å². The molecule has 0 aromatic heterocycles. The van der Waals surface area contributed by atoms with Crippen molar-refractivity contribution in [1.82, 2.24) is 10.3 Å². The summed E-state index contributed by atoms with van der Waals surface area (Å²) in [5, 5.41) is 4.54. The highest BCUT2D eigenvalue weighted by Gasteiger charge is 2.54. The molecule has 0 unspecified atom stereocenters. The summed E-state index contributed by atoms with van der Waals surface area (Å²) in [4.78, 5) is 0. The lowest BCUT2D eigenvalue weighted by molar-refractivity contribution is -0.318. The van der Waals surface area contributed by atoms with Gasteiger partial charge in [0, 0.05) is 0 Å². The molecule has 0 aromatic carbocycles. The van der Waals surface area contributed by atoms with E-state index in [1.165, 1.54) is 0 Å². The van der Waals surface area contributed by atoms with Crippen LogP contribution in [-0.4, -0.2) is 16.3 Å². The zero-order valence-corrected chi connectivity index (χ0v) is 5.97. The number of rotatable bonds is 0. The average Bonchev–Trinajstić information content (AvgIpc) is 1.85. The van der Waals surface area contributed by atoms with Crippen molar-refractivity contribution in [3.8, 4) is 0 Å². The Kier molecular flexibility index (Phi) is 1.14. The first-order chi connectivity index (χ1) is 5.11. The molecular formula is CH4N5O4P. The smallest absolute Gasteiger partial charge is 0.286 e. The molecule has 0 aliphatic carbocycles. The maximum atomic E-state index is 10.8. The fraction of sp³-hybridized carbons (Fsp3) is 0. The minimum Gasteiger partial charge on any atom is -0.286 e. The molecule has 0 aromatic rings. The molecule has 1 saturated heterocycles. The van der Waals surface area contributed by atoms with Crippen LogP contribution in [0.4, 0.5) is 0 Å². The van der Waals surface area contributed by atoms with Crippen LogP contribution in [0.5, 0.6) is 0 Å². The molecule has 9 nitrogen and oxygen atoms in total. The number of hydrazine groups is 2. The average molecular weight is 181 g/mol. The molecule has 1 fully saturated rings. The molecule has 0 saturated carbocycles. The number of hydrogen-bond donors (Lipinski definition) is 2. The summed E-state index contributed by atoms with van der Waals surface area (Å²) in [6.45, 7) is 0. The maximum Gasteiger partial charge on any atom is 0.599 e. The van der Waals surface area contributed by atoms with Crippen LogP contribution in [0, 0.1) is 0 Å². The molecule has 62 valence electrons. The van der Waals surface area contributed by atoms with Gasteiger partial charge in [0.25, 0.3) is 0 Å². The second-order valence-electron chi connectivity index (χ2n) is 1.75. The number of nitrogens with zero attached hydrogens (tertiary/aromatic N) is 3. The van der Waals surface area contributed by atoms with E-state index in [0.29, 0.717) is 10.3 Å². The van der Waals surface area contributed by atoms with Gasteiger partial charge >= 0.3 is 13.8 Å². The minimum absolute atomic E-state index is 0.122. The molecule has 3 aliphatic rings. The number of hydroxylamine groups is 2. The van der Waals surface area contributed by atoms with Gasteiger partial charge < -0.3 is 0 Å². The van der Waals surface area contributed by atoms with Gasteiger partial charge in [-0.3, -0.25) is 4.62 Å². The molecule has 4 N–H and O–H groups in total. The Balaban J connectivity index is 2.21. The maximum absolute atomic E-state index is 10.8. The van der Waals surface area contributed by atoms with Gasteiger partial charge in [-0.1, -0.05) is 5.23 Å². The van der Waals surface area contributed by atoms with Crippen molar-refractivity contribution in [1.29, 1.82) is 0 Å². The van der Waals surface area contributed by atoms with E-state index in [0.717, 1.165) is 0 Å². The van der Waals surface area contributed by atoms with Crippen molar-refractivity contribution in [3.05, 3.63) is 0 Å². The summed E-state index contributed by atoms with van der Waals surface area (Å²) in [6.07, 6.45) is 0. The Hall–Kier alpha value is -0.860. The predicted molar refractivity (Wildman–Crippen MR) is 30.3 cm³/mol. The first-order valence-corrected chi connectivity index (χ1v) is 3.93. The van der Waals surface area contributed by atoms with Gasteiger partial charge in [-0.25, -0.2) is 21.4 Å². The normalized spacial score (nSPS) is 24.9. The number of hydrogen-bond acceptors (Lipinski definition) is 9. The Morgan fingerprint density at radius 3 is 2.55 bits per heavy atom. The summed E-state index contributed by atoms with van der Waals surface area (Å²) in [5.74, 6) is 9.95. The van der Waals surface area contributed by atoms with Crippen LogP contribution in [0.3, 0.4) is 0 Å². The third-order valence-corrected chi connectivity index (χ3v) is 1.94. The quantitative estimate of drug-likeness (QED) is 0.267. The molecule has 0 radical (unpaired) electrons. The summed E-state index contributed by atoms with van der Waals surface area (Å²) >= 11 is 0. The SMILES string of the molecule is NN(N)C1=NOP2(=O)ON1O2. The standard InChI is InChI=1S/CH4N5O4P/c2-5(3)1-4-8-11(7)9-6(1)10-11/h2-3H2. The molecular weight excluding hydrogens is 177 g/mol. The summed E-state index contributed by atoms with van der Waals surface area (Å²) < 4.78 is 23.9. The molecule has 10 heteroatoms. The van der Waals surface area contributed by atoms with Crippen LogP contribution in [0.1, 0.15) is 0 Å². The Morgan fingerprint density at radius 2 is 2.18 bits per heavy atom. The van der Waals surface area contributed by atoms with E-state index in [4.69, 9.17) is 11.7 Å². The Morgan fingerprint density at radius 1 is 1.55 bits per heavy atom. The summed E-state index contributed by atoms with van der Waals surface area (Å²) in [7, 11) is -3.42. The molecule has 0 atom stereocenters. The van der Waals surface area contributed by atoms with Crippen LogP contribution in [0.2, 0.25) is 0 Å². The molecule has 3 rings (SSSR count). The van der Waals surface area contributed by atoms with Gasteiger partial charge in [-0.05, 0) is 5.16 Å². The van der Waals surface area contributed by atoms with Gasteiger partial charge in [0.15, 0.2) is 0 Å². The number of fused-ring (bicyclic) bond motifs is 1. The molecule has 0 amide bonds. The lowest BCUT2D eigenvalue weighted by Crippen LogP contribution is -2.56. The van der Waals surface area contributed by atoms with Crippen molar-refractivity contribution in [2.75, 3.05) is 0 Å². The van der Waals surface area contributed by atoms with Gasteiger partial charge in [0.05, 0.1) is 0 Å². The predicted octanol–water partition coefficient (Wildman–Crippen LogP) is -1.38. The second kappa shape index (κ2) is 1.84. The van der Waals surface area contributed by atoms with Crippen LogP contribution in [-0.2, 0) is 18.4 Å². The van der Waals surface area contributed by atoms with Gasteiger partial charge in [-0.15, -0.1) is 9.25 Å². The zero-order chi connectivity index (χ0) is 8.06. The van der Waals surface area contributed by atoms with Gasteiger partial charge in [-0.2, -0.15) is 0 Å². The van der Waals surface area contributed by atoms with Crippen molar-refractivity contribution in [2.24, 2.45) is 16.8 Å². The van der Waals surface area contributed by atoms with E-state index in [1.807, 2.05) is 0 Å². The van der Waals surface area contributed by atoms with E-state index in [1.54, 1.807) is 0 Å².